The molecule has 1 saturated heterocycles. The Morgan fingerprint density at radius 3 is 2.35 bits per heavy atom. The number of nitrogens with one attached hydrogen (secondary N) is 1. The summed E-state index contributed by atoms with van der Waals surface area (Å²) in [5.41, 5.74) is 0.281. The lowest BCUT2D eigenvalue weighted by Gasteiger charge is -2.44. The van der Waals surface area contributed by atoms with Crippen molar-refractivity contribution in [2.75, 3.05) is 19.7 Å². The predicted octanol–water partition coefficient (Wildman–Crippen LogP) is 1.70. The van der Waals surface area contributed by atoms with Crippen molar-refractivity contribution in [3.63, 3.8) is 0 Å². The second-order valence-electron chi connectivity index (χ2n) is 4.99. The first-order chi connectivity index (χ1) is 9.18. The fourth-order valence-electron chi connectivity index (χ4n) is 2.61. The summed E-state index contributed by atoms with van der Waals surface area (Å²) in [7, 11) is 0. The topological polar surface area (TPSA) is 72.8 Å². The fraction of sp³-hybridized carbons (Fsp3) is 0.500. The van der Waals surface area contributed by atoms with Crippen LogP contribution in [0.3, 0.4) is 0 Å². The molecule has 1 aromatic rings. The number of piperidine rings is 1. The van der Waals surface area contributed by atoms with E-state index in [1.54, 1.807) is 0 Å². The lowest BCUT2D eigenvalue weighted by Crippen LogP contribution is -2.58. The molecule has 1 aliphatic heterocycles. The van der Waals surface area contributed by atoms with Crippen molar-refractivity contribution in [2.45, 2.75) is 24.9 Å². The molecule has 1 fully saturated rings. The zero-order valence-corrected chi connectivity index (χ0v) is 12.1. The van der Waals surface area contributed by atoms with E-state index in [9.17, 15) is 15.0 Å². The largest absolute Gasteiger partial charge is 0.465 e. The second-order valence-corrected chi connectivity index (χ2v) is 4.99. The van der Waals surface area contributed by atoms with E-state index in [1.807, 2.05) is 30.3 Å². The first-order valence-electron chi connectivity index (χ1n) is 6.54. The Hall–Kier alpha value is -1.30. The van der Waals surface area contributed by atoms with Crippen molar-refractivity contribution >= 4 is 18.5 Å². The van der Waals surface area contributed by atoms with Crippen molar-refractivity contribution in [1.82, 2.24) is 10.2 Å². The van der Waals surface area contributed by atoms with Gasteiger partial charge in [0.25, 0.3) is 0 Å². The molecule has 0 aromatic heterocycles. The average molecular weight is 301 g/mol. The van der Waals surface area contributed by atoms with Gasteiger partial charge in [-0.2, -0.15) is 0 Å². The minimum absolute atomic E-state index is 0. The summed E-state index contributed by atoms with van der Waals surface area (Å²) < 4.78 is 0. The van der Waals surface area contributed by atoms with E-state index in [-0.39, 0.29) is 19.0 Å². The Balaban J connectivity index is 0.00000200. The van der Waals surface area contributed by atoms with Gasteiger partial charge in [0, 0.05) is 6.54 Å². The molecule has 0 bridgehead atoms. The van der Waals surface area contributed by atoms with Gasteiger partial charge in [0.2, 0.25) is 0 Å². The average Bonchev–Trinajstić information content (AvgIpc) is 2.46. The number of halogens is 1. The van der Waals surface area contributed by atoms with Crippen LogP contribution >= 0.6 is 12.4 Å². The van der Waals surface area contributed by atoms with Crippen LogP contribution < -0.4 is 5.32 Å². The van der Waals surface area contributed by atoms with Crippen LogP contribution in [-0.2, 0) is 6.54 Å². The summed E-state index contributed by atoms with van der Waals surface area (Å²) in [5, 5.41) is 22.4. The number of aliphatic hydroxyl groups is 1. The van der Waals surface area contributed by atoms with Crippen LogP contribution in [0.25, 0.3) is 0 Å². The minimum atomic E-state index is -0.972. The SMILES string of the molecule is Cl.O=C(O)N(Cc1ccccc1)C1(CO)CCNCC1. The zero-order valence-electron chi connectivity index (χ0n) is 11.3. The Morgan fingerprint density at radius 1 is 1.25 bits per heavy atom. The molecular weight excluding hydrogens is 280 g/mol. The van der Waals surface area contributed by atoms with Gasteiger partial charge in [-0.25, -0.2) is 4.79 Å². The molecular formula is C14H21ClN2O3. The highest BCUT2D eigenvalue weighted by Crippen LogP contribution is 2.27. The van der Waals surface area contributed by atoms with Crippen LogP contribution in [0.1, 0.15) is 18.4 Å². The number of carboxylic acid groups (broad SMARTS) is 1. The highest BCUT2D eigenvalue weighted by Gasteiger charge is 2.40. The summed E-state index contributed by atoms with van der Waals surface area (Å²) in [6, 6.07) is 9.50. The maximum atomic E-state index is 11.6. The van der Waals surface area contributed by atoms with Gasteiger partial charge in [-0.1, -0.05) is 30.3 Å². The number of benzene rings is 1. The lowest BCUT2D eigenvalue weighted by atomic mass is 9.87. The van der Waals surface area contributed by atoms with Gasteiger partial charge in [-0.3, -0.25) is 4.90 Å². The van der Waals surface area contributed by atoms with Crippen LogP contribution in [0.4, 0.5) is 4.79 Å². The van der Waals surface area contributed by atoms with Gasteiger partial charge in [-0.05, 0) is 31.5 Å². The Kier molecular flexibility index (Phi) is 6.26. The minimum Gasteiger partial charge on any atom is -0.465 e. The summed E-state index contributed by atoms with van der Waals surface area (Å²) in [4.78, 5) is 13.0. The van der Waals surface area contributed by atoms with E-state index in [0.29, 0.717) is 19.4 Å². The quantitative estimate of drug-likeness (QED) is 0.791. The van der Waals surface area contributed by atoms with Crippen LogP contribution in [0.5, 0.6) is 0 Å². The molecule has 1 amide bonds. The van der Waals surface area contributed by atoms with Crippen molar-refractivity contribution in [1.29, 1.82) is 0 Å². The predicted molar refractivity (Wildman–Crippen MR) is 79.2 cm³/mol. The van der Waals surface area contributed by atoms with Gasteiger partial charge < -0.3 is 15.5 Å². The van der Waals surface area contributed by atoms with E-state index < -0.39 is 11.6 Å². The van der Waals surface area contributed by atoms with Gasteiger partial charge in [0.05, 0.1) is 12.1 Å². The molecule has 2 rings (SSSR count). The Bertz CT molecular complexity index is 422. The van der Waals surface area contributed by atoms with E-state index in [4.69, 9.17) is 0 Å². The van der Waals surface area contributed by atoms with Gasteiger partial charge in [0.1, 0.15) is 0 Å². The first kappa shape index (κ1) is 16.8. The highest BCUT2D eigenvalue weighted by molar-refractivity contribution is 5.85. The van der Waals surface area contributed by atoms with Gasteiger partial charge >= 0.3 is 6.09 Å². The van der Waals surface area contributed by atoms with E-state index in [0.717, 1.165) is 18.7 Å². The third-order valence-electron chi connectivity index (χ3n) is 3.82. The summed E-state index contributed by atoms with van der Waals surface area (Å²) in [5.74, 6) is 0. The number of rotatable bonds is 4. The number of hydrogen-bond acceptors (Lipinski definition) is 3. The molecule has 1 aliphatic rings. The molecule has 0 spiro atoms. The van der Waals surface area contributed by atoms with Crippen LogP contribution in [0.2, 0.25) is 0 Å². The molecule has 0 radical (unpaired) electrons. The molecule has 0 atom stereocenters. The maximum Gasteiger partial charge on any atom is 0.408 e. The number of amides is 1. The summed E-state index contributed by atoms with van der Waals surface area (Å²) in [6.45, 7) is 1.66. The monoisotopic (exact) mass is 300 g/mol. The number of hydrogen-bond donors (Lipinski definition) is 3. The highest BCUT2D eigenvalue weighted by atomic mass is 35.5. The van der Waals surface area contributed by atoms with Crippen molar-refractivity contribution in [2.24, 2.45) is 0 Å². The molecule has 20 heavy (non-hydrogen) atoms. The lowest BCUT2D eigenvalue weighted by molar-refractivity contribution is 0.00845. The molecule has 6 heteroatoms. The van der Waals surface area contributed by atoms with E-state index >= 15 is 0 Å². The molecule has 112 valence electrons. The van der Waals surface area contributed by atoms with Crippen molar-refractivity contribution in [3.05, 3.63) is 35.9 Å². The first-order valence-corrected chi connectivity index (χ1v) is 6.54. The molecule has 0 saturated carbocycles. The van der Waals surface area contributed by atoms with Crippen molar-refractivity contribution in [3.8, 4) is 0 Å². The third-order valence-corrected chi connectivity index (χ3v) is 3.82. The third kappa shape index (κ3) is 3.62. The molecule has 5 nitrogen and oxygen atoms in total. The van der Waals surface area contributed by atoms with Gasteiger partial charge in [0.15, 0.2) is 0 Å². The molecule has 0 unspecified atom stereocenters. The Morgan fingerprint density at radius 2 is 1.85 bits per heavy atom. The number of nitrogens with zero attached hydrogens (tertiary/aromatic N) is 1. The molecule has 1 aromatic carbocycles. The number of carbonyl (C=O) groups is 1. The van der Waals surface area contributed by atoms with E-state index in [2.05, 4.69) is 5.32 Å². The van der Waals surface area contributed by atoms with Crippen LogP contribution in [0.15, 0.2) is 30.3 Å². The summed E-state index contributed by atoms with van der Waals surface area (Å²) in [6.07, 6.45) is 0.311. The van der Waals surface area contributed by atoms with Crippen LogP contribution in [-0.4, -0.2) is 46.4 Å². The van der Waals surface area contributed by atoms with E-state index in [1.165, 1.54) is 4.90 Å². The second kappa shape index (κ2) is 7.47. The van der Waals surface area contributed by atoms with Gasteiger partial charge in [-0.15, -0.1) is 12.4 Å². The molecule has 0 aliphatic carbocycles. The van der Waals surface area contributed by atoms with Crippen LogP contribution in [0, 0.1) is 0 Å². The molecule has 3 N–H and O–H groups in total. The smallest absolute Gasteiger partial charge is 0.408 e. The maximum absolute atomic E-state index is 11.6. The molecule has 1 heterocycles. The standard InChI is InChI=1S/C14H20N2O3.ClH/c17-11-14(6-8-15-9-7-14)16(13(18)19)10-12-4-2-1-3-5-12;/h1-5,15,17H,6-11H2,(H,18,19);1H. The van der Waals surface area contributed by atoms with Crippen molar-refractivity contribution < 1.29 is 15.0 Å². The Labute approximate surface area is 125 Å². The normalized spacial score (nSPS) is 17.1. The number of aliphatic hydroxyl groups excluding tert-OH is 1. The summed E-state index contributed by atoms with van der Waals surface area (Å²) >= 11 is 0. The fourth-order valence-corrected chi connectivity index (χ4v) is 2.61. The zero-order chi connectivity index (χ0) is 13.7.